The molecule has 3 heterocycles. The molecular weight excluding hydrogens is 296 g/mol. The Labute approximate surface area is 134 Å². The zero-order valence-corrected chi connectivity index (χ0v) is 12.9. The second-order valence-electron chi connectivity index (χ2n) is 5.72. The van der Waals surface area contributed by atoms with Gasteiger partial charge in [0.25, 0.3) is 0 Å². The lowest BCUT2D eigenvalue weighted by molar-refractivity contribution is 0.558. The second kappa shape index (κ2) is 5.71. The van der Waals surface area contributed by atoms with Crippen molar-refractivity contribution in [3.8, 4) is 5.69 Å². The predicted octanol–water partition coefficient (Wildman–Crippen LogP) is 3.23. The molecule has 112 valence electrons. The van der Waals surface area contributed by atoms with Crippen LogP contribution in [-0.4, -0.2) is 27.6 Å². The monoisotopic (exact) mass is 312 g/mol. The maximum atomic E-state index is 6.42. The summed E-state index contributed by atoms with van der Waals surface area (Å²) in [4.78, 5) is 9.33. The van der Waals surface area contributed by atoms with Crippen LogP contribution < -0.4 is 5.32 Å². The van der Waals surface area contributed by atoms with E-state index in [-0.39, 0.29) is 0 Å². The third kappa shape index (κ3) is 2.38. The summed E-state index contributed by atoms with van der Waals surface area (Å²) in [5.41, 5.74) is 2.74. The van der Waals surface area contributed by atoms with Gasteiger partial charge in [0.05, 0.1) is 10.7 Å². The highest BCUT2D eigenvalue weighted by Gasteiger charge is 2.21. The molecule has 1 saturated heterocycles. The Morgan fingerprint density at radius 1 is 1.23 bits per heavy atom. The maximum absolute atomic E-state index is 6.42. The summed E-state index contributed by atoms with van der Waals surface area (Å²) in [6.07, 6.45) is 3.94. The number of para-hydroxylation sites is 1. The van der Waals surface area contributed by atoms with E-state index in [9.17, 15) is 0 Å². The van der Waals surface area contributed by atoms with Gasteiger partial charge in [-0.15, -0.1) is 0 Å². The van der Waals surface area contributed by atoms with E-state index >= 15 is 0 Å². The third-order valence-electron chi connectivity index (χ3n) is 4.21. The molecule has 1 N–H and O–H groups in total. The molecule has 5 heteroatoms. The molecule has 0 saturated carbocycles. The summed E-state index contributed by atoms with van der Waals surface area (Å²) in [6.45, 7) is 2.15. The van der Waals surface area contributed by atoms with E-state index in [2.05, 4.69) is 14.9 Å². The normalized spacial score (nSPS) is 18.1. The minimum atomic E-state index is 0.623. The van der Waals surface area contributed by atoms with Crippen LogP contribution in [0.1, 0.15) is 12.2 Å². The fourth-order valence-electron chi connectivity index (χ4n) is 3.13. The molecule has 1 aliphatic heterocycles. The number of halogens is 1. The van der Waals surface area contributed by atoms with Gasteiger partial charge in [0.15, 0.2) is 5.65 Å². The smallest absolute Gasteiger partial charge is 0.164 e. The number of hydrogen-bond acceptors (Lipinski definition) is 3. The zero-order chi connectivity index (χ0) is 14.9. The first-order valence-electron chi connectivity index (χ1n) is 7.61. The van der Waals surface area contributed by atoms with Crippen molar-refractivity contribution in [2.45, 2.75) is 12.8 Å². The van der Waals surface area contributed by atoms with Gasteiger partial charge in [0.1, 0.15) is 11.3 Å². The van der Waals surface area contributed by atoms with Gasteiger partial charge in [-0.25, -0.2) is 9.97 Å². The Kier molecular flexibility index (Phi) is 3.56. The molecular formula is C17H17ClN4. The fraction of sp³-hybridized carbons (Fsp3) is 0.294. The summed E-state index contributed by atoms with van der Waals surface area (Å²) < 4.78 is 2.11. The average molecular weight is 313 g/mol. The highest BCUT2D eigenvalue weighted by molar-refractivity contribution is 6.32. The van der Waals surface area contributed by atoms with Gasteiger partial charge in [0, 0.05) is 12.6 Å². The number of nitrogens with one attached hydrogen (secondary N) is 1. The van der Waals surface area contributed by atoms with Crippen molar-refractivity contribution < 1.29 is 0 Å². The summed E-state index contributed by atoms with van der Waals surface area (Å²) in [5, 5.41) is 4.14. The van der Waals surface area contributed by atoms with E-state index < -0.39 is 0 Å². The van der Waals surface area contributed by atoms with Gasteiger partial charge in [0.2, 0.25) is 0 Å². The molecule has 1 aromatic carbocycles. The molecule has 4 nitrogen and oxygen atoms in total. The molecule has 4 rings (SSSR count). The minimum Gasteiger partial charge on any atom is -0.316 e. The topological polar surface area (TPSA) is 42.7 Å². The molecule has 22 heavy (non-hydrogen) atoms. The zero-order valence-electron chi connectivity index (χ0n) is 12.2. The summed E-state index contributed by atoms with van der Waals surface area (Å²) in [5.74, 6) is 1.66. The first-order valence-corrected chi connectivity index (χ1v) is 7.98. The minimum absolute atomic E-state index is 0.623. The first-order chi connectivity index (χ1) is 10.8. The van der Waals surface area contributed by atoms with Crippen molar-refractivity contribution in [2.75, 3.05) is 13.1 Å². The molecule has 3 aromatic rings. The van der Waals surface area contributed by atoms with E-state index in [4.69, 9.17) is 16.6 Å². The van der Waals surface area contributed by atoms with Crippen molar-refractivity contribution in [3.63, 3.8) is 0 Å². The van der Waals surface area contributed by atoms with E-state index in [0.29, 0.717) is 5.92 Å². The largest absolute Gasteiger partial charge is 0.316 e. The van der Waals surface area contributed by atoms with Gasteiger partial charge in [-0.2, -0.15) is 0 Å². The van der Waals surface area contributed by atoms with Crippen LogP contribution in [0.15, 0.2) is 42.6 Å². The van der Waals surface area contributed by atoms with Crippen LogP contribution in [0.3, 0.4) is 0 Å². The Bertz CT molecular complexity index is 805. The van der Waals surface area contributed by atoms with E-state index in [0.717, 1.165) is 47.2 Å². The fourth-order valence-corrected chi connectivity index (χ4v) is 3.35. The SMILES string of the molecule is Clc1ccccc1-n1c(CC2CCNC2)nc2cccnc21. The Hall–Kier alpha value is -1.91. The van der Waals surface area contributed by atoms with Crippen molar-refractivity contribution in [2.24, 2.45) is 5.92 Å². The molecule has 2 aromatic heterocycles. The molecule has 1 atom stereocenters. The van der Waals surface area contributed by atoms with E-state index in [1.807, 2.05) is 36.4 Å². The van der Waals surface area contributed by atoms with Gasteiger partial charge >= 0.3 is 0 Å². The lowest BCUT2D eigenvalue weighted by atomic mass is 10.0. The number of rotatable bonds is 3. The van der Waals surface area contributed by atoms with Gasteiger partial charge in [-0.3, -0.25) is 4.57 Å². The van der Waals surface area contributed by atoms with Crippen LogP contribution in [0.5, 0.6) is 0 Å². The number of nitrogens with zero attached hydrogens (tertiary/aromatic N) is 3. The lowest BCUT2D eigenvalue weighted by Crippen LogP contribution is -2.13. The predicted molar refractivity (Wildman–Crippen MR) is 88.6 cm³/mol. The molecule has 1 fully saturated rings. The van der Waals surface area contributed by atoms with Crippen LogP contribution >= 0.6 is 11.6 Å². The molecule has 0 amide bonds. The highest BCUT2D eigenvalue weighted by Crippen LogP contribution is 2.27. The number of fused-ring (bicyclic) bond motifs is 1. The van der Waals surface area contributed by atoms with Gasteiger partial charge in [-0.1, -0.05) is 23.7 Å². The van der Waals surface area contributed by atoms with Crippen molar-refractivity contribution in [1.29, 1.82) is 0 Å². The maximum Gasteiger partial charge on any atom is 0.164 e. The Morgan fingerprint density at radius 3 is 2.95 bits per heavy atom. The van der Waals surface area contributed by atoms with Crippen LogP contribution in [-0.2, 0) is 6.42 Å². The van der Waals surface area contributed by atoms with Crippen LogP contribution in [0.2, 0.25) is 5.02 Å². The van der Waals surface area contributed by atoms with Crippen LogP contribution in [0.25, 0.3) is 16.9 Å². The Morgan fingerprint density at radius 2 is 2.14 bits per heavy atom. The Balaban J connectivity index is 1.88. The highest BCUT2D eigenvalue weighted by atomic mass is 35.5. The van der Waals surface area contributed by atoms with Crippen molar-refractivity contribution in [1.82, 2.24) is 19.9 Å². The number of pyridine rings is 1. The molecule has 0 spiro atoms. The van der Waals surface area contributed by atoms with Gasteiger partial charge in [-0.05, 0) is 49.7 Å². The average Bonchev–Trinajstić information content (AvgIpc) is 3.16. The standard InChI is InChI=1S/C17H17ClN4/c18-13-4-1-2-6-15(13)22-16(10-12-7-9-19-11-12)21-14-5-3-8-20-17(14)22/h1-6,8,12,19H,7,9-11H2. The second-order valence-corrected chi connectivity index (χ2v) is 6.13. The van der Waals surface area contributed by atoms with E-state index in [1.54, 1.807) is 6.20 Å². The number of imidazole rings is 1. The van der Waals surface area contributed by atoms with Crippen molar-refractivity contribution in [3.05, 3.63) is 53.4 Å². The lowest BCUT2D eigenvalue weighted by Gasteiger charge is -2.12. The summed E-state index contributed by atoms with van der Waals surface area (Å²) in [7, 11) is 0. The molecule has 0 aliphatic carbocycles. The molecule has 1 aliphatic rings. The van der Waals surface area contributed by atoms with Gasteiger partial charge < -0.3 is 5.32 Å². The van der Waals surface area contributed by atoms with Crippen molar-refractivity contribution >= 4 is 22.8 Å². The van der Waals surface area contributed by atoms with Crippen LogP contribution in [0, 0.1) is 5.92 Å². The molecule has 1 unspecified atom stereocenters. The first kappa shape index (κ1) is 13.7. The van der Waals surface area contributed by atoms with Crippen LogP contribution in [0.4, 0.5) is 0 Å². The summed E-state index contributed by atoms with van der Waals surface area (Å²) >= 11 is 6.42. The quantitative estimate of drug-likeness (QED) is 0.807. The number of benzene rings is 1. The third-order valence-corrected chi connectivity index (χ3v) is 4.53. The number of aromatic nitrogens is 3. The summed E-state index contributed by atoms with van der Waals surface area (Å²) in [6, 6.07) is 11.8. The molecule has 0 bridgehead atoms. The van der Waals surface area contributed by atoms with E-state index in [1.165, 1.54) is 6.42 Å². The number of hydrogen-bond donors (Lipinski definition) is 1. The molecule has 0 radical (unpaired) electrons.